The van der Waals surface area contributed by atoms with Crippen molar-refractivity contribution >= 4 is 11.9 Å². The summed E-state index contributed by atoms with van der Waals surface area (Å²) in [4.78, 5) is 24.9. The summed E-state index contributed by atoms with van der Waals surface area (Å²) in [5.41, 5.74) is 0.955. The second-order valence-electron chi connectivity index (χ2n) is 5.25. The van der Waals surface area contributed by atoms with Crippen molar-refractivity contribution in [2.45, 2.75) is 18.9 Å². The minimum absolute atomic E-state index is 0.0341. The minimum Gasteiger partial charge on any atom is -0.478 e. The number of hydrogen-bond donors (Lipinski definition) is 1. The molecule has 0 bridgehead atoms. The average Bonchev–Trinajstić information content (AvgIpc) is 2.47. The standard InChI is InChI=1S/C16H21NO5/c1-21-8-9-22-13-10-17(11-13)15(18)7-6-12-4-2-3-5-14(12)16(19)20/h2-5,13H,6-11H2,1H3,(H,19,20). The van der Waals surface area contributed by atoms with Crippen LogP contribution in [0.1, 0.15) is 22.3 Å². The molecule has 6 nitrogen and oxygen atoms in total. The number of carboxylic acid groups (broad SMARTS) is 1. The van der Waals surface area contributed by atoms with Gasteiger partial charge in [0.15, 0.2) is 0 Å². The molecule has 0 saturated carbocycles. The average molecular weight is 307 g/mol. The Balaban J connectivity index is 1.74. The number of aryl methyl sites for hydroxylation is 1. The molecule has 1 heterocycles. The van der Waals surface area contributed by atoms with Gasteiger partial charge in [0, 0.05) is 26.6 Å². The Hall–Kier alpha value is -1.92. The number of nitrogens with zero attached hydrogens (tertiary/aromatic N) is 1. The van der Waals surface area contributed by atoms with Gasteiger partial charge in [-0.3, -0.25) is 4.79 Å². The number of ether oxygens (including phenoxy) is 2. The number of carbonyl (C=O) groups is 2. The van der Waals surface area contributed by atoms with Gasteiger partial charge in [-0.1, -0.05) is 18.2 Å². The lowest BCUT2D eigenvalue weighted by molar-refractivity contribution is -0.145. The van der Waals surface area contributed by atoms with Gasteiger partial charge in [-0.2, -0.15) is 0 Å². The van der Waals surface area contributed by atoms with Gasteiger partial charge in [0.2, 0.25) is 5.91 Å². The third kappa shape index (κ3) is 4.29. The fraction of sp³-hybridized carbons (Fsp3) is 0.500. The van der Waals surface area contributed by atoms with E-state index in [2.05, 4.69) is 0 Å². The molecule has 0 radical (unpaired) electrons. The molecule has 22 heavy (non-hydrogen) atoms. The topological polar surface area (TPSA) is 76.1 Å². The molecule has 1 fully saturated rings. The Bertz CT molecular complexity index is 525. The van der Waals surface area contributed by atoms with Crippen molar-refractivity contribution < 1.29 is 24.2 Å². The highest BCUT2D eigenvalue weighted by Gasteiger charge is 2.30. The Morgan fingerprint density at radius 3 is 2.68 bits per heavy atom. The number of amides is 1. The normalized spacial score (nSPS) is 14.7. The molecular formula is C16H21NO5. The van der Waals surface area contributed by atoms with Crippen LogP contribution in [-0.4, -0.2) is 61.4 Å². The van der Waals surface area contributed by atoms with Crippen molar-refractivity contribution in [3.05, 3.63) is 35.4 Å². The van der Waals surface area contributed by atoms with Crippen molar-refractivity contribution in [2.24, 2.45) is 0 Å². The van der Waals surface area contributed by atoms with Crippen LogP contribution in [0.4, 0.5) is 0 Å². The Labute approximate surface area is 129 Å². The third-order valence-corrected chi connectivity index (χ3v) is 3.70. The van der Waals surface area contributed by atoms with Crippen molar-refractivity contribution in [1.29, 1.82) is 0 Å². The minimum atomic E-state index is -0.960. The molecule has 6 heteroatoms. The molecule has 1 aromatic carbocycles. The summed E-state index contributed by atoms with van der Waals surface area (Å²) in [5, 5.41) is 9.11. The molecule has 1 aromatic rings. The summed E-state index contributed by atoms with van der Waals surface area (Å²) in [6.07, 6.45) is 0.840. The van der Waals surface area contributed by atoms with Crippen LogP contribution in [0.15, 0.2) is 24.3 Å². The zero-order chi connectivity index (χ0) is 15.9. The van der Waals surface area contributed by atoms with Crippen LogP contribution >= 0.6 is 0 Å². The SMILES string of the molecule is COCCOC1CN(C(=O)CCc2ccccc2C(=O)O)C1. The van der Waals surface area contributed by atoms with Gasteiger partial charge < -0.3 is 19.5 Å². The highest BCUT2D eigenvalue weighted by Crippen LogP contribution is 2.16. The monoisotopic (exact) mass is 307 g/mol. The van der Waals surface area contributed by atoms with Gasteiger partial charge in [-0.15, -0.1) is 0 Å². The zero-order valence-corrected chi connectivity index (χ0v) is 12.7. The first-order chi connectivity index (χ1) is 10.6. The Morgan fingerprint density at radius 1 is 1.27 bits per heavy atom. The zero-order valence-electron chi connectivity index (χ0n) is 12.7. The second-order valence-corrected chi connectivity index (χ2v) is 5.25. The number of likely N-dealkylation sites (tertiary alicyclic amines) is 1. The van der Waals surface area contributed by atoms with Gasteiger partial charge in [0.1, 0.15) is 0 Å². The maximum Gasteiger partial charge on any atom is 0.335 e. The number of methoxy groups -OCH3 is 1. The lowest BCUT2D eigenvalue weighted by Crippen LogP contribution is -2.55. The molecule has 1 aliphatic rings. The molecule has 0 aromatic heterocycles. The molecule has 0 unspecified atom stereocenters. The Morgan fingerprint density at radius 2 is 2.00 bits per heavy atom. The summed E-state index contributed by atoms with van der Waals surface area (Å²) in [6, 6.07) is 6.79. The Kier molecular flexibility index (Phi) is 5.91. The summed E-state index contributed by atoms with van der Waals surface area (Å²) in [5.74, 6) is -0.926. The van der Waals surface area contributed by atoms with Gasteiger partial charge in [-0.05, 0) is 18.1 Å². The summed E-state index contributed by atoms with van der Waals surface area (Å²) >= 11 is 0. The lowest BCUT2D eigenvalue weighted by atomic mass is 10.0. The quantitative estimate of drug-likeness (QED) is 0.730. The van der Waals surface area contributed by atoms with E-state index in [0.717, 1.165) is 0 Å². The molecule has 0 atom stereocenters. The molecule has 2 rings (SSSR count). The van der Waals surface area contributed by atoms with E-state index in [4.69, 9.17) is 14.6 Å². The van der Waals surface area contributed by atoms with E-state index in [1.54, 1.807) is 36.3 Å². The van der Waals surface area contributed by atoms with Gasteiger partial charge in [0.05, 0.1) is 24.9 Å². The fourth-order valence-electron chi connectivity index (χ4n) is 2.39. The second kappa shape index (κ2) is 7.91. The maximum atomic E-state index is 12.1. The number of hydrogen-bond acceptors (Lipinski definition) is 4. The van der Waals surface area contributed by atoms with Crippen LogP contribution in [0.2, 0.25) is 0 Å². The number of carbonyl (C=O) groups excluding carboxylic acids is 1. The first-order valence-electron chi connectivity index (χ1n) is 7.31. The number of carboxylic acids is 1. The summed E-state index contributed by atoms with van der Waals surface area (Å²) < 4.78 is 10.4. The van der Waals surface area contributed by atoms with E-state index >= 15 is 0 Å². The van der Waals surface area contributed by atoms with E-state index in [-0.39, 0.29) is 17.6 Å². The van der Waals surface area contributed by atoms with Gasteiger partial charge in [-0.25, -0.2) is 4.79 Å². The van der Waals surface area contributed by atoms with E-state index in [1.165, 1.54) is 0 Å². The van der Waals surface area contributed by atoms with Crippen LogP contribution in [0.3, 0.4) is 0 Å². The number of aromatic carboxylic acids is 1. The van der Waals surface area contributed by atoms with Crippen molar-refractivity contribution in [2.75, 3.05) is 33.4 Å². The predicted octanol–water partition coefficient (Wildman–Crippen LogP) is 1.19. The van der Waals surface area contributed by atoms with Crippen molar-refractivity contribution in [1.82, 2.24) is 4.90 Å². The molecule has 1 saturated heterocycles. The summed E-state index contributed by atoms with van der Waals surface area (Å²) in [6.45, 7) is 2.29. The number of rotatable bonds is 8. The molecule has 0 aliphatic carbocycles. The predicted molar refractivity (Wildman–Crippen MR) is 79.9 cm³/mol. The van der Waals surface area contributed by atoms with Crippen LogP contribution < -0.4 is 0 Å². The first kappa shape index (κ1) is 16.5. The van der Waals surface area contributed by atoms with Crippen LogP contribution in [0.5, 0.6) is 0 Å². The number of benzene rings is 1. The molecule has 0 spiro atoms. The summed E-state index contributed by atoms with van der Waals surface area (Å²) in [7, 11) is 1.62. The highest BCUT2D eigenvalue weighted by molar-refractivity contribution is 5.89. The van der Waals surface area contributed by atoms with Gasteiger partial charge >= 0.3 is 5.97 Å². The highest BCUT2D eigenvalue weighted by atomic mass is 16.5. The van der Waals surface area contributed by atoms with Gasteiger partial charge in [0.25, 0.3) is 0 Å². The molecule has 1 N–H and O–H groups in total. The van der Waals surface area contributed by atoms with Crippen LogP contribution in [0.25, 0.3) is 0 Å². The van der Waals surface area contributed by atoms with E-state index < -0.39 is 5.97 Å². The molecule has 120 valence electrons. The largest absolute Gasteiger partial charge is 0.478 e. The maximum absolute atomic E-state index is 12.1. The van der Waals surface area contributed by atoms with E-state index in [9.17, 15) is 9.59 Å². The lowest BCUT2D eigenvalue weighted by Gasteiger charge is -2.39. The van der Waals surface area contributed by atoms with E-state index in [0.29, 0.717) is 44.7 Å². The third-order valence-electron chi connectivity index (χ3n) is 3.70. The molecule has 1 amide bonds. The van der Waals surface area contributed by atoms with E-state index in [1.807, 2.05) is 0 Å². The van der Waals surface area contributed by atoms with Crippen LogP contribution in [-0.2, 0) is 20.7 Å². The molecular weight excluding hydrogens is 286 g/mol. The smallest absolute Gasteiger partial charge is 0.335 e. The first-order valence-corrected chi connectivity index (χ1v) is 7.31. The van der Waals surface area contributed by atoms with Crippen molar-refractivity contribution in [3.63, 3.8) is 0 Å². The van der Waals surface area contributed by atoms with Crippen LogP contribution in [0, 0.1) is 0 Å². The molecule has 1 aliphatic heterocycles. The fourth-order valence-corrected chi connectivity index (χ4v) is 2.39. The van der Waals surface area contributed by atoms with Crippen molar-refractivity contribution in [3.8, 4) is 0 Å².